The van der Waals surface area contributed by atoms with Crippen LogP contribution in [0.25, 0.3) is 11.1 Å². The van der Waals surface area contributed by atoms with Gasteiger partial charge in [-0.15, -0.1) is 0 Å². The third kappa shape index (κ3) is 4.43. The minimum atomic E-state index is -0.217. The van der Waals surface area contributed by atoms with E-state index in [4.69, 9.17) is 0 Å². The number of carbonyl (C=O) groups is 1. The summed E-state index contributed by atoms with van der Waals surface area (Å²) >= 11 is 0. The van der Waals surface area contributed by atoms with Crippen molar-refractivity contribution in [2.45, 2.75) is 45.3 Å². The van der Waals surface area contributed by atoms with Crippen LogP contribution in [0.1, 0.15) is 51.5 Å². The van der Waals surface area contributed by atoms with Gasteiger partial charge in [0.1, 0.15) is 5.69 Å². The molecule has 1 aliphatic carbocycles. The van der Waals surface area contributed by atoms with E-state index >= 15 is 0 Å². The van der Waals surface area contributed by atoms with Crippen LogP contribution in [0.2, 0.25) is 0 Å². The summed E-state index contributed by atoms with van der Waals surface area (Å²) in [7, 11) is 1.93. The molecule has 34 heavy (non-hydrogen) atoms. The van der Waals surface area contributed by atoms with Crippen LogP contribution in [0.5, 0.6) is 0 Å². The number of amides is 1. The van der Waals surface area contributed by atoms with E-state index in [2.05, 4.69) is 45.6 Å². The Morgan fingerprint density at radius 3 is 2.32 bits per heavy atom. The molecule has 0 atom stereocenters. The maximum Gasteiger partial charge on any atom is 0.274 e. The van der Waals surface area contributed by atoms with E-state index in [0.29, 0.717) is 24.7 Å². The van der Waals surface area contributed by atoms with E-state index in [1.165, 1.54) is 16.7 Å². The number of aliphatic hydroxyl groups excluding tert-OH is 1. The quantitative estimate of drug-likeness (QED) is 0.480. The van der Waals surface area contributed by atoms with Crippen LogP contribution in [0.3, 0.4) is 0 Å². The molecule has 2 aliphatic rings. The Morgan fingerprint density at radius 2 is 1.71 bits per heavy atom. The third-order valence-corrected chi connectivity index (χ3v) is 7.08. The number of aliphatic hydroxyl groups is 1. The first-order valence-corrected chi connectivity index (χ1v) is 12.0. The van der Waals surface area contributed by atoms with Crippen molar-refractivity contribution < 1.29 is 9.90 Å². The molecule has 1 saturated carbocycles. The summed E-state index contributed by atoms with van der Waals surface area (Å²) in [5, 5.41) is 15.9. The monoisotopic (exact) mass is 456 g/mol. The molecule has 1 aliphatic heterocycles. The van der Waals surface area contributed by atoms with Crippen molar-refractivity contribution in [2.24, 2.45) is 0 Å². The fraction of sp³-hybridized carbons (Fsp3) is 0.357. The molecule has 176 valence electrons. The van der Waals surface area contributed by atoms with Gasteiger partial charge in [0.15, 0.2) is 0 Å². The van der Waals surface area contributed by atoms with E-state index in [0.717, 1.165) is 47.5 Å². The number of likely N-dealkylation sites (tertiary alicyclic amines) is 1. The molecule has 5 rings (SSSR count). The lowest BCUT2D eigenvalue weighted by Gasteiger charge is -2.36. The normalized spacial score (nSPS) is 16.2. The van der Waals surface area contributed by atoms with Crippen LogP contribution >= 0.6 is 0 Å². The molecule has 0 unspecified atom stereocenters. The van der Waals surface area contributed by atoms with Gasteiger partial charge in [0.25, 0.3) is 5.91 Å². The molecule has 6 nitrogen and oxygen atoms in total. The topological polar surface area (TPSA) is 77.5 Å². The first-order valence-electron chi connectivity index (χ1n) is 12.0. The van der Waals surface area contributed by atoms with Gasteiger partial charge in [-0.1, -0.05) is 24.3 Å². The van der Waals surface area contributed by atoms with Crippen LogP contribution in [-0.2, 0) is 6.54 Å². The summed E-state index contributed by atoms with van der Waals surface area (Å²) in [5.74, 6) is 0.331. The lowest BCUT2D eigenvalue weighted by atomic mass is 9.94. The Balaban J connectivity index is 1.39. The zero-order valence-corrected chi connectivity index (χ0v) is 20.1. The second-order valence-electron chi connectivity index (χ2n) is 9.55. The van der Waals surface area contributed by atoms with Gasteiger partial charge in [0.05, 0.1) is 6.10 Å². The molecule has 1 amide bonds. The Kier molecular flexibility index (Phi) is 6.11. The van der Waals surface area contributed by atoms with E-state index in [9.17, 15) is 9.90 Å². The largest absolute Gasteiger partial charge is 0.390 e. The van der Waals surface area contributed by atoms with Crippen molar-refractivity contribution in [3.05, 3.63) is 76.6 Å². The van der Waals surface area contributed by atoms with Crippen molar-refractivity contribution >= 4 is 17.3 Å². The zero-order chi connectivity index (χ0) is 23.8. The van der Waals surface area contributed by atoms with Crippen molar-refractivity contribution in [3.8, 4) is 11.1 Å². The fourth-order valence-electron chi connectivity index (χ4n) is 4.89. The van der Waals surface area contributed by atoms with Crippen LogP contribution < -0.4 is 10.6 Å². The van der Waals surface area contributed by atoms with Gasteiger partial charge >= 0.3 is 0 Å². The third-order valence-electron chi connectivity index (χ3n) is 7.08. The summed E-state index contributed by atoms with van der Waals surface area (Å²) in [4.78, 5) is 19.9. The van der Waals surface area contributed by atoms with Crippen molar-refractivity contribution in [1.82, 2.24) is 9.88 Å². The molecule has 1 saturated heterocycles. The first kappa shape index (κ1) is 22.6. The molecular weight excluding hydrogens is 424 g/mol. The highest BCUT2D eigenvalue weighted by molar-refractivity contribution is 6.04. The number of anilines is 2. The fourth-order valence-corrected chi connectivity index (χ4v) is 4.89. The lowest BCUT2D eigenvalue weighted by Crippen LogP contribution is -2.49. The highest BCUT2D eigenvalue weighted by atomic mass is 16.3. The Bertz CT molecular complexity index is 1230. The second kappa shape index (κ2) is 9.20. The number of benzene rings is 2. The molecule has 3 N–H and O–H groups in total. The summed E-state index contributed by atoms with van der Waals surface area (Å²) in [5.41, 5.74) is 9.20. The molecular formula is C28H32N4O2. The van der Waals surface area contributed by atoms with E-state index < -0.39 is 0 Å². The Labute approximate surface area is 201 Å². The van der Waals surface area contributed by atoms with E-state index in [1.54, 1.807) is 0 Å². The minimum absolute atomic E-state index is 0.186. The van der Waals surface area contributed by atoms with Crippen molar-refractivity contribution in [3.63, 3.8) is 0 Å². The number of rotatable bonds is 7. The molecule has 6 heteroatoms. The average molecular weight is 457 g/mol. The van der Waals surface area contributed by atoms with Crippen LogP contribution in [-0.4, -0.2) is 47.1 Å². The van der Waals surface area contributed by atoms with Crippen molar-refractivity contribution in [1.29, 1.82) is 0 Å². The summed E-state index contributed by atoms with van der Waals surface area (Å²) in [6.07, 6.45) is 3.95. The zero-order valence-electron chi connectivity index (χ0n) is 20.1. The van der Waals surface area contributed by atoms with E-state index in [-0.39, 0.29) is 12.0 Å². The number of aromatic nitrogens is 1. The van der Waals surface area contributed by atoms with Gasteiger partial charge in [0.2, 0.25) is 0 Å². The SMILES string of the molecule is CNc1cccc(-c2cccc(NC(=O)c3cc(C4CC4)c(CN4CC(O)C4)cn3)c2C)c1C. The minimum Gasteiger partial charge on any atom is -0.390 e. The molecule has 0 bridgehead atoms. The van der Waals surface area contributed by atoms with Gasteiger partial charge in [0, 0.05) is 44.3 Å². The van der Waals surface area contributed by atoms with Gasteiger partial charge in [-0.3, -0.25) is 14.7 Å². The van der Waals surface area contributed by atoms with Crippen LogP contribution in [0.15, 0.2) is 48.7 Å². The summed E-state index contributed by atoms with van der Waals surface area (Å²) in [6.45, 7) is 6.35. The molecule has 0 radical (unpaired) electrons. The number of nitrogens with one attached hydrogen (secondary N) is 2. The average Bonchev–Trinajstić information content (AvgIpc) is 3.65. The standard InChI is InChI=1S/C28H32N4O2/c1-17-22(6-4-8-25(17)29-3)23-7-5-9-26(18(23)2)31-28(34)27-12-24(19-10-11-19)20(13-30-27)14-32-15-21(33)16-32/h4-9,12-13,19,21,29,33H,10-11,14-16H2,1-3H3,(H,31,34). The van der Waals surface area contributed by atoms with Gasteiger partial charge in [-0.2, -0.15) is 0 Å². The van der Waals surface area contributed by atoms with Crippen LogP contribution in [0, 0.1) is 13.8 Å². The molecule has 1 aromatic heterocycles. The Hall–Kier alpha value is -3.22. The predicted molar refractivity (Wildman–Crippen MR) is 136 cm³/mol. The molecule has 0 spiro atoms. The number of β-amino-alcohol motifs (C(OH)–C–C–N with tert-alkyl or cyclic N) is 1. The predicted octanol–water partition coefficient (Wildman–Crippen LogP) is 4.71. The Morgan fingerprint density at radius 1 is 1.06 bits per heavy atom. The van der Waals surface area contributed by atoms with Gasteiger partial charge in [-0.05, 0) is 84.2 Å². The number of hydrogen-bond donors (Lipinski definition) is 3. The van der Waals surface area contributed by atoms with Gasteiger partial charge in [-0.25, -0.2) is 0 Å². The highest BCUT2D eigenvalue weighted by Crippen LogP contribution is 2.42. The number of pyridine rings is 1. The van der Waals surface area contributed by atoms with Crippen molar-refractivity contribution in [2.75, 3.05) is 30.8 Å². The molecule has 2 aromatic carbocycles. The first-order chi connectivity index (χ1) is 16.4. The molecule has 3 aromatic rings. The maximum absolute atomic E-state index is 13.2. The lowest BCUT2D eigenvalue weighted by molar-refractivity contribution is -0.00305. The summed E-state index contributed by atoms with van der Waals surface area (Å²) < 4.78 is 0. The summed E-state index contributed by atoms with van der Waals surface area (Å²) in [6, 6.07) is 14.2. The number of carbonyl (C=O) groups excluding carboxylic acids is 1. The second-order valence-corrected chi connectivity index (χ2v) is 9.55. The highest BCUT2D eigenvalue weighted by Gasteiger charge is 2.30. The number of nitrogens with zero attached hydrogens (tertiary/aromatic N) is 2. The number of hydrogen-bond acceptors (Lipinski definition) is 5. The smallest absolute Gasteiger partial charge is 0.274 e. The van der Waals surface area contributed by atoms with Gasteiger partial charge < -0.3 is 15.7 Å². The molecule has 2 heterocycles. The van der Waals surface area contributed by atoms with E-state index in [1.807, 2.05) is 44.4 Å². The van der Waals surface area contributed by atoms with Crippen LogP contribution in [0.4, 0.5) is 11.4 Å². The molecule has 2 fully saturated rings. The maximum atomic E-state index is 13.2.